The van der Waals surface area contributed by atoms with Crippen LogP contribution in [0.2, 0.25) is 0 Å². The molecule has 0 saturated carbocycles. The minimum atomic E-state index is -1.35. The van der Waals surface area contributed by atoms with Gasteiger partial charge < -0.3 is 0 Å². The highest BCUT2D eigenvalue weighted by Gasteiger charge is 2.03. The molecule has 0 spiro atoms. The van der Waals surface area contributed by atoms with Crippen molar-refractivity contribution in [2.45, 2.75) is 24.7 Å². The molecule has 2 aromatic rings. The molecular formula is C16H18O2S. The van der Waals surface area contributed by atoms with Gasteiger partial charge in [0.1, 0.15) is 0 Å². The number of benzene rings is 2. The maximum absolute atomic E-state index is 11.9. The lowest BCUT2D eigenvalue weighted by Gasteiger charge is -2.04. The van der Waals surface area contributed by atoms with Crippen molar-refractivity contribution < 1.29 is 8.39 Å². The van der Waals surface area contributed by atoms with E-state index in [4.69, 9.17) is 4.18 Å². The van der Waals surface area contributed by atoms with Crippen molar-refractivity contribution in [2.75, 3.05) is 6.61 Å². The lowest BCUT2D eigenvalue weighted by Crippen LogP contribution is -2.01. The van der Waals surface area contributed by atoms with Crippen molar-refractivity contribution in [3.63, 3.8) is 0 Å². The van der Waals surface area contributed by atoms with E-state index >= 15 is 0 Å². The zero-order chi connectivity index (χ0) is 13.5. The Morgan fingerprint density at radius 1 is 1.00 bits per heavy atom. The monoisotopic (exact) mass is 274 g/mol. The molecule has 100 valence electrons. The van der Waals surface area contributed by atoms with Crippen LogP contribution in [0.25, 0.3) is 0 Å². The maximum atomic E-state index is 11.9. The molecule has 0 saturated heterocycles. The first-order chi connectivity index (χ1) is 9.25. The van der Waals surface area contributed by atoms with Crippen LogP contribution in [0.1, 0.15) is 17.5 Å². The average Bonchev–Trinajstić information content (AvgIpc) is 2.45. The summed E-state index contributed by atoms with van der Waals surface area (Å²) in [6, 6.07) is 17.8. The quantitative estimate of drug-likeness (QED) is 0.751. The van der Waals surface area contributed by atoms with Crippen molar-refractivity contribution in [1.82, 2.24) is 0 Å². The second kappa shape index (κ2) is 7.22. The SMILES string of the molecule is Cc1ccc(S(=O)OCCCc2ccccc2)cc1. The van der Waals surface area contributed by atoms with Crippen LogP contribution in [0.4, 0.5) is 0 Å². The molecule has 0 amide bonds. The van der Waals surface area contributed by atoms with Gasteiger partial charge >= 0.3 is 0 Å². The zero-order valence-electron chi connectivity index (χ0n) is 11.0. The number of aryl methyl sites for hydroxylation is 2. The smallest absolute Gasteiger partial charge is 0.189 e. The molecule has 0 aromatic heterocycles. The largest absolute Gasteiger partial charge is 0.287 e. The molecule has 19 heavy (non-hydrogen) atoms. The summed E-state index contributed by atoms with van der Waals surface area (Å²) < 4.78 is 17.2. The molecule has 0 aliphatic carbocycles. The van der Waals surface area contributed by atoms with E-state index in [9.17, 15) is 4.21 Å². The molecule has 1 atom stereocenters. The van der Waals surface area contributed by atoms with Gasteiger partial charge in [-0.05, 0) is 37.5 Å². The van der Waals surface area contributed by atoms with E-state index in [0.29, 0.717) is 6.61 Å². The van der Waals surface area contributed by atoms with Gasteiger partial charge in [-0.3, -0.25) is 4.18 Å². The molecule has 2 rings (SSSR count). The predicted molar refractivity (Wildman–Crippen MR) is 78.3 cm³/mol. The van der Waals surface area contributed by atoms with Crippen LogP contribution in [-0.2, 0) is 21.7 Å². The Morgan fingerprint density at radius 2 is 1.68 bits per heavy atom. The van der Waals surface area contributed by atoms with Gasteiger partial charge in [-0.1, -0.05) is 48.0 Å². The van der Waals surface area contributed by atoms with Gasteiger partial charge in [0.15, 0.2) is 11.1 Å². The summed E-state index contributed by atoms with van der Waals surface area (Å²) >= 11 is -1.35. The third kappa shape index (κ3) is 4.62. The number of rotatable bonds is 6. The standard InChI is InChI=1S/C16H18O2S/c1-14-9-11-16(12-10-14)19(17)18-13-5-8-15-6-3-2-4-7-15/h2-4,6-7,9-12H,5,8,13H2,1H3. The molecule has 1 unspecified atom stereocenters. The van der Waals surface area contributed by atoms with E-state index in [-0.39, 0.29) is 0 Å². The summed E-state index contributed by atoms with van der Waals surface area (Å²) in [5.74, 6) is 0. The van der Waals surface area contributed by atoms with Crippen LogP contribution >= 0.6 is 0 Å². The summed E-state index contributed by atoms with van der Waals surface area (Å²) in [4.78, 5) is 0.727. The first kappa shape index (κ1) is 14.0. The van der Waals surface area contributed by atoms with Crippen LogP contribution in [0.15, 0.2) is 59.5 Å². The van der Waals surface area contributed by atoms with Crippen LogP contribution in [0, 0.1) is 6.92 Å². The average molecular weight is 274 g/mol. The van der Waals surface area contributed by atoms with Gasteiger partial charge in [-0.25, -0.2) is 4.21 Å². The fourth-order valence-electron chi connectivity index (χ4n) is 1.77. The number of hydrogen-bond acceptors (Lipinski definition) is 2. The molecule has 2 nitrogen and oxygen atoms in total. The maximum Gasteiger partial charge on any atom is 0.189 e. The van der Waals surface area contributed by atoms with E-state index in [1.54, 1.807) is 0 Å². The van der Waals surface area contributed by atoms with E-state index in [0.717, 1.165) is 23.3 Å². The third-order valence-electron chi connectivity index (χ3n) is 2.86. The van der Waals surface area contributed by atoms with Crippen LogP contribution in [0.3, 0.4) is 0 Å². The predicted octanol–water partition coefficient (Wildman–Crippen LogP) is 3.67. The lowest BCUT2D eigenvalue weighted by atomic mass is 10.1. The van der Waals surface area contributed by atoms with Crippen molar-refractivity contribution in [1.29, 1.82) is 0 Å². The van der Waals surface area contributed by atoms with Crippen molar-refractivity contribution in [2.24, 2.45) is 0 Å². The Bertz CT molecular complexity index is 520. The zero-order valence-corrected chi connectivity index (χ0v) is 11.9. The normalized spacial score (nSPS) is 12.3. The Hall–Kier alpha value is -1.45. The Kier molecular flexibility index (Phi) is 5.31. The Labute approximate surface area is 117 Å². The molecule has 0 heterocycles. The summed E-state index contributed by atoms with van der Waals surface area (Å²) in [6.45, 7) is 2.52. The van der Waals surface area contributed by atoms with E-state index in [1.807, 2.05) is 49.4 Å². The molecule has 0 N–H and O–H groups in total. The van der Waals surface area contributed by atoms with Crippen LogP contribution in [0.5, 0.6) is 0 Å². The van der Waals surface area contributed by atoms with E-state index in [2.05, 4.69) is 12.1 Å². The first-order valence-corrected chi connectivity index (χ1v) is 7.49. The summed E-state index contributed by atoms with van der Waals surface area (Å²) in [6.07, 6.45) is 1.83. The lowest BCUT2D eigenvalue weighted by molar-refractivity contribution is 0.340. The topological polar surface area (TPSA) is 26.3 Å². The van der Waals surface area contributed by atoms with Crippen molar-refractivity contribution in [3.8, 4) is 0 Å². The highest BCUT2D eigenvalue weighted by Crippen LogP contribution is 2.10. The minimum Gasteiger partial charge on any atom is -0.287 e. The van der Waals surface area contributed by atoms with Gasteiger partial charge in [0.25, 0.3) is 0 Å². The van der Waals surface area contributed by atoms with E-state index in [1.165, 1.54) is 5.56 Å². The Balaban J connectivity index is 1.74. The molecule has 0 radical (unpaired) electrons. The second-order valence-electron chi connectivity index (χ2n) is 4.46. The molecule has 0 bridgehead atoms. The molecule has 0 aliphatic rings. The highest BCUT2D eigenvalue weighted by atomic mass is 32.2. The summed E-state index contributed by atoms with van der Waals surface area (Å²) in [5, 5.41) is 0. The summed E-state index contributed by atoms with van der Waals surface area (Å²) in [7, 11) is 0. The van der Waals surface area contributed by atoms with Crippen LogP contribution in [-0.4, -0.2) is 10.8 Å². The molecule has 0 fully saturated rings. The van der Waals surface area contributed by atoms with Gasteiger partial charge in [-0.15, -0.1) is 0 Å². The molecule has 3 heteroatoms. The fraction of sp³-hybridized carbons (Fsp3) is 0.250. The van der Waals surface area contributed by atoms with Gasteiger partial charge in [0, 0.05) is 0 Å². The van der Waals surface area contributed by atoms with Crippen LogP contribution < -0.4 is 0 Å². The third-order valence-corrected chi connectivity index (χ3v) is 3.89. The highest BCUT2D eigenvalue weighted by molar-refractivity contribution is 7.80. The second-order valence-corrected chi connectivity index (χ2v) is 5.64. The molecular weight excluding hydrogens is 256 g/mol. The minimum absolute atomic E-state index is 0.509. The van der Waals surface area contributed by atoms with Crippen molar-refractivity contribution >= 4 is 11.1 Å². The van der Waals surface area contributed by atoms with Gasteiger partial charge in [0.05, 0.1) is 11.5 Å². The van der Waals surface area contributed by atoms with E-state index < -0.39 is 11.1 Å². The number of hydrogen-bond donors (Lipinski definition) is 0. The van der Waals surface area contributed by atoms with Gasteiger partial charge in [-0.2, -0.15) is 0 Å². The van der Waals surface area contributed by atoms with Gasteiger partial charge in [0.2, 0.25) is 0 Å². The Morgan fingerprint density at radius 3 is 2.37 bits per heavy atom. The molecule has 2 aromatic carbocycles. The first-order valence-electron chi connectivity index (χ1n) is 6.41. The molecule has 0 aliphatic heterocycles. The summed E-state index contributed by atoms with van der Waals surface area (Å²) in [5.41, 5.74) is 2.44. The fourth-order valence-corrected chi connectivity index (χ4v) is 2.54. The van der Waals surface area contributed by atoms with Crippen molar-refractivity contribution in [3.05, 3.63) is 65.7 Å².